The molecule has 1 amide bonds. The number of hydrogen-bond donors (Lipinski definition) is 1. The number of carbonyl (C=O) groups excluding carboxylic acids is 1. The van der Waals surface area contributed by atoms with Crippen molar-refractivity contribution in [2.75, 3.05) is 0 Å². The number of carbonyl (C=O) groups is 1. The SMILES string of the molecule is Cc1c(Br)nn(CC(Cc2ccccn2)NC=O)c1C. The lowest BCUT2D eigenvalue weighted by Crippen LogP contribution is -2.35. The van der Waals surface area contributed by atoms with Gasteiger partial charge in [0.05, 0.1) is 12.6 Å². The van der Waals surface area contributed by atoms with Gasteiger partial charge in [-0.25, -0.2) is 0 Å². The minimum Gasteiger partial charge on any atom is -0.354 e. The Kier molecular flexibility index (Phi) is 4.89. The number of nitrogens with one attached hydrogen (secondary N) is 1. The maximum atomic E-state index is 10.8. The van der Waals surface area contributed by atoms with Gasteiger partial charge in [0.2, 0.25) is 6.41 Å². The van der Waals surface area contributed by atoms with Crippen molar-refractivity contribution < 1.29 is 4.79 Å². The summed E-state index contributed by atoms with van der Waals surface area (Å²) in [7, 11) is 0. The molecule has 2 aromatic rings. The van der Waals surface area contributed by atoms with Gasteiger partial charge in [-0.2, -0.15) is 5.10 Å². The molecule has 6 heteroatoms. The Hall–Kier alpha value is -1.69. The third kappa shape index (κ3) is 3.45. The molecule has 106 valence electrons. The quantitative estimate of drug-likeness (QED) is 0.821. The van der Waals surface area contributed by atoms with Gasteiger partial charge in [0, 0.05) is 29.6 Å². The van der Waals surface area contributed by atoms with E-state index in [0.29, 0.717) is 13.0 Å². The summed E-state index contributed by atoms with van der Waals surface area (Å²) >= 11 is 3.43. The van der Waals surface area contributed by atoms with Crippen LogP contribution in [0.2, 0.25) is 0 Å². The van der Waals surface area contributed by atoms with Crippen molar-refractivity contribution >= 4 is 22.3 Å². The first-order valence-corrected chi connectivity index (χ1v) is 7.20. The number of nitrogens with zero attached hydrogens (tertiary/aromatic N) is 3. The Morgan fingerprint density at radius 3 is 2.80 bits per heavy atom. The standard InChI is InChI=1S/C14H17BrN4O/c1-10-11(2)19(18-14(10)15)8-13(17-9-20)7-12-5-3-4-6-16-12/h3-6,9,13H,7-8H2,1-2H3,(H,17,20). The fourth-order valence-corrected chi connectivity index (χ4v) is 2.51. The van der Waals surface area contributed by atoms with Gasteiger partial charge in [-0.3, -0.25) is 14.5 Å². The van der Waals surface area contributed by atoms with Gasteiger partial charge in [-0.15, -0.1) is 0 Å². The van der Waals surface area contributed by atoms with E-state index in [2.05, 4.69) is 31.3 Å². The van der Waals surface area contributed by atoms with Crippen molar-refractivity contribution in [3.63, 3.8) is 0 Å². The molecule has 0 aliphatic heterocycles. The molecule has 5 nitrogen and oxygen atoms in total. The second kappa shape index (κ2) is 6.65. The molecule has 0 saturated heterocycles. The van der Waals surface area contributed by atoms with Crippen LogP contribution in [0.25, 0.3) is 0 Å². The molecule has 2 heterocycles. The lowest BCUT2D eigenvalue weighted by molar-refractivity contribution is -0.110. The molecule has 0 aliphatic carbocycles. The van der Waals surface area contributed by atoms with E-state index in [4.69, 9.17) is 0 Å². The zero-order chi connectivity index (χ0) is 14.5. The average molecular weight is 337 g/mol. The van der Waals surface area contributed by atoms with Crippen LogP contribution in [0, 0.1) is 13.8 Å². The minimum atomic E-state index is -0.0349. The zero-order valence-corrected chi connectivity index (χ0v) is 13.1. The van der Waals surface area contributed by atoms with E-state index in [-0.39, 0.29) is 6.04 Å². The highest BCUT2D eigenvalue weighted by Crippen LogP contribution is 2.18. The van der Waals surface area contributed by atoms with Crippen LogP contribution in [0.5, 0.6) is 0 Å². The van der Waals surface area contributed by atoms with Gasteiger partial charge < -0.3 is 5.32 Å². The maximum Gasteiger partial charge on any atom is 0.207 e. The Bertz CT molecular complexity index is 582. The van der Waals surface area contributed by atoms with Crippen LogP contribution in [0.1, 0.15) is 17.0 Å². The van der Waals surface area contributed by atoms with Crippen LogP contribution < -0.4 is 5.32 Å². The predicted molar refractivity (Wildman–Crippen MR) is 80.3 cm³/mol. The predicted octanol–water partition coefficient (Wildman–Crippen LogP) is 2.01. The molecule has 20 heavy (non-hydrogen) atoms. The molecule has 0 radical (unpaired) electrons. The number of aromatic nitrogens is 3. The molecular weight excluding hydrogens is 320 g/mol. The van der Waals surface area contributed by atoms with Crippen LogP contribution in [0.3, 0.4) is 0 Å². The molecule has 1 N–H and O–H groups in total. The summed E-state index contributed by atoms with van der Waals surface area (Å²) in [6.45, 7) is 4.66. The fraction of sp³-hybridized carbons (Fsp3) is 0.357. The normalized spacial score (nSPS) is 12.2. The molecular formula is C14H17BrN4O. The van der Waals surface area contributed by atoms with Gasteiger partial charge >= 0.3 is 0 Å². The first-order valence-electron chi connectivity index (χ1n) is 6.41. The highest BCUT2D eigenvalue weighted by Gasteiger charge is 2.15. The van der Waals surface area contributed by atoms with E-state index in [9.17, 15) is 4.79 Å². The molecule has 0 aliphatic rings. The molecule has 2 aromatic heterocycles. The van der Waals surface area contributed by atoms with Crippen LogP contribution in [-0.2, 0) is 17.8 Å². The Morgan fingerprint density at radius 2 is 2.25 bits per heavy atom. The van der Waals surface area contributed by atoms with Gasteiger partial charge in [0.15, 0.2) is 0 Å². The van der Waals surface area contributed by atoms with Crippen molar-refractivity contribution in [1.29, 1.82) is 0 Å². The van der Waals surface area contributed by atoms with E-state index < -0.39 is 0 Å². The summed E-state index contributed by atoms with van der Waals surface area (Å²) in [6, 6.07) is 5.74. The number of hydrogen-bond acceptors (Lipinski definition) is 3. The topological polar surface area (TPSA) is 59.8 Å². The van der Waals surface area contributed by atoms with Crippen molar-refractivity contribution in [2.45, 2.75) is 32.9 Å². The average Bonchev–Trinajstić information content (AvgIpc) is 2.68. The summed E-state index contributed by atoms with van der Waals surface area (Å²) in [4.78, 5) is 15.1. The molecule has 1 atom stereocenters. The molecule has 0 aromatic carbocycles. The molecule has 1 unspecified atom stereocenters. The molecule has 2 rings (SSSR count). The Morgan fingerprint density at radius 1 is 1.45 bits per heavy atom. The van der Waals surface area contributed by atoms with Crippen molar-refractivity contribution in [2.24, 2.45) is 0 Å². The largest absolute Gasteiger partial charge is 0.354 e. The zero-order valence-electron chi connectivity index (χ0n) is 11.5. The number of pyridine rings is 1. The highest BCUT2D eigenvalue weighted by atomic mass is 79.9. The lowest BCUT2D eigenvalue weighted by atomic mass is 10.1. The van der Waals surface area contributed by atoms with Crippen molar-refractivity contribution in [3.8, 4) is 0 Å². The third-order valence-electron chi connectivity index (χ3n) is 3.33. The Labute approximate surface area is 126 Å². The van der Waals surface area contributed by atoms with Crippen LogP contribution in [-0.4, -0.2) is 27.2 Å². The molecule has 0 bridgehead atoms. The van der Waals surface area contributed by atoms with Crippen LogP contribution in [0.15, 0.2) is 29.0 Å². The van der Waals surface area contributed by atoms with E-state index in [1.165, 1.54) is 0 Å². The van der Waals surface area contributed by atoms with Gasteiger partial charge in [-0.1, -0.05) is 6.07 Å². The van der Waals surface area contributed by atoms with Gasteiger partial charge in [0.1, 0.15) is 4.60 Å². The maximum absolute atomic E-state index is 10.8. The van der Waals surface area contributed by atoms with Crippen LogP contribution in [0.4, 0.5) is 0 Å². The van der Waals surface area contributed by atoms with Gasteiger partial charge in [-0.05, 0) is 41.9 Å². The fourth-order valence-electron chi connectivity index (χ4n) is 2.03. The number of amides is 1. The summed E-state index contributed by atoms with van der Waals surface area (Å²) < 4.78 is 2.75. The number of rotatable bonds is 6. The minimum absolute atomic E-state index is 0.0349. The summed E-state index contributed by atoms with van der Waals surface area (Å²) in [5.74, 6) is 0. The summed E-state index contributed by atoms with van der Waals surface area (Å²) in [6.07, 6.45) is 3.16. The van der Waals surface area contributed by atoms with Gasteiger partial charge in [0.25, 0.3) is 0 Å². The monoisotopic (exact) mass is 336 g/mol. The molecule has 0 saturated carbocycles. The first kappa shape index (κ1) is 14.7. The van der Waals surface area contributed by atoms with Crippen molar-refractivity contribution in [1.82, 2.24) is 20.1 Å². The first-order chi connectivity index (χ1) is 9.61. The second-order valence-electron chi connectivity index (χ2n) is 4.69. The van der Waals surface area contributed by atoms with E-state index >= 15 is 0 Å². The summed E-state index contributed by atoms with van der Waals surface area (Å²) in [5, 5.41) is 7.27. The smallest absolute Gasteiger partial charge is 0.207 e. The van der Waals surface area contributed by atoms with Crippen LogP contribution >= 0.6 is 15.9 Å². The van der Waals surface area contributed by atoms with E-state index in [0.717, 1.165) is 28.0 Å². The van der Waals surface area contributed by atoms with Crippen molar-refractivity contribution in [3.05, 3.63) is 46.0 Å². The molecule has 0 spiro atoms. The van der Waals surface area contributed by atoms with E-state index in [1.54, 1.807) is 6.20 Å². The highest BCUT2D eigenvalue weighted by molar-refractivity contribution is 9.10. The Balaban J connectivity index is 2.13. The van der Waals surface area contributed by atoms with E-state index in [1.807, 2.05) is 36.7 Å². The third-order valence-corrected chi connectivity index (χ3v) is 4.08. The lowest BCUT2D eigenvalue weighted by Gasteiger charge is -2.16. The second-order valence-corrected chi connectivity index (χ2v) is 5.44. The number of halogens is 1. The summed E-state index contributed by atoms with van der Waals surface area (Å²) in [5.41, 5.74) is 3.16. The molecule has 0 fully saturated rings.